The fourth-order valence-electron chi connectivity index (χ4n) is 5.15. The van der Waals surface area contributed by atoms with Crippen LogP contribution in [0.1, 0.15) is 71.2 Å². The number of carbonyl (C=O) groups is 4. The molecule has 1 fully saturated rings. The minimum Gasteiger partial charge on any atom is -0.458 e. The summed E-state index contributed by atoms with van der Waals surface area (Å²) < 4.78 is 11.8. The topological polar surface area (TPSA) is 107 Å². The third-order valence-corrected chi connectivity index (χ3v) is 7.42. The predicted octanol–water partition coefficient (Wildman–Crippen LogP) is 4.38. The summed E-state index contributed by atoms with van der Waals surface area (Å²) in [5, 5.41) is 10.9. The average molecular weight is 497 g/mol. The Morgan fingerprint density at radius 3 is 2.33 bits per heavy atom. The van der Waals surface area contributed by atoms with E-state index in [1.165, 1.54) is 6.92 Å². The predicted molar refractivity (Wildman–Crippen MR) is 134 cm³/mol. The zero-order valence-electron chi connectivity index (χ0n) is 21.9. The first-order chi connectivity index (χ1) is 16.8. The quantitative estimate of drug-likeness (QED) is 0.489. The molecule has 0 bridgehead atoms. The van der Waals surface area contributed by atoms with Gasteiger partial charge in [-0.25, -0.2) is 4.79 Å². The fraction of sp³-hybridized carbons (Fsp3) is 0.517. The maximum Gasteiger partial charge on any atom is 0.338 e. The molecule has 1 aromatic rings. The number of hydrogen-bond acceptors (Lipinski definition) is 7. The molecule has 0 spiro atoms. The molecule has 36 heavy (non-hydrogen) atoms. The van der Waals surface area contributed by atoms with Crippen LogP contribution in [0.15, 0.2) is 53.6 Å². The van der Waals surface area contributed by atoms with Crippen molar-refractivity contribution in [2.24, 2.45) is 17.3 Å². The highest BCUT2D eigenvalue weighted by Gasteiger charge is 2.60. The first kappa shape index (κ1) is 27.5. The summed E-state index contributed by atoms with van der Waals surface area (Å²) in [5.41, 5.74) is -1.21. The number of ether oxygens (including phenoxy) is 2. The zero-order valence-corrected chi connectivity index (χ0v) is 21.9. The van der Waals surface area contributed by atoms with Gasteiger partial charge in [-0.05, 0) is 49.5 Å². The van der Waals surface area contributed by atoms with Crippen LogP contribution >= 0.6 is 0 Å². The molecule has 7 heteroatoms. The number of carbonyl (C=O) groups excluding carboxylic acids is 4. The molecular weight excluding hydrogens is 460 g/mol. The lowest BCUT2D eigenvalue weighted by Crippen LogP contribution is -2.49. The summed E-state index contributed by atoms with van der Waals surface area (Å²) >= 11 is 0. The normalized spacial score (nSPS) is 33.6. The van der Waals surface area contributed by atoms with Crippen LogP contribution in [-0.2, 0) is 23.9 Å². The van der Waals surface area contributed by atoms with Gasteiger partial charge in [-0.2, -0.15) is 0 Å². The van der Waals surface area contributed by atoms with Crippen molar-refractivity contribution in [3.05, 3.63) is 59.2 Å². The van der Waals surface area contributed by atoms with Gasteiger partial charge in [0.1, 0.15) is 11.9 Å². The van der Waals surface area contributed by atoms with Crippen molar-refractivity contribution in [2.75, 3.05) is 0 Å². The van der Waals surface area contributed by atoms with Crippen molar-refractivity contribution < 1.29 is 33.8 Å². The van der Waals surface area contributed by atoms with Gasteiger partial charge in [0.15, 0.2) is 5.60 Å². The van der Waals surface area contributed by atoms with Crippen molar-refractivity contribution in [1.29, 1.82) is 0 Å². The zero-order chi connectivity index (χ0) is 26.8. The second kappa shape index (κ2) is 10.5. The molecule has 7 nitrogen and oxygen atoms in total. The van der Waals surface area contributed by atoms with Crippen LogP contribution in [-0.4, -0.2) is 46.4 Å². The smallest absolute Gasteiger partial charge is 0.338 e. The van der Waals surface area contributed by atoms with Gasteiger partial charge in [0.25, 0.3) is 0 Å². The van der Waals surface area contributed by atoms with E-state index in [1.54, 1.807) is 70.2 Å². The standard InChI is InChI=1S/C29H36O7/c1-17-12-13-28(5,6)24(32)15-23(31)18(2)14-22-25(35-27(34)21-10-8-7-9-11-21)19(3)16-29(22,26(17)33)36-20(4)30/h7-12,14,19,22-23,25,31H,13,15-16H2,1-6H3/b17-12+,18-14+/t19-,22-,23+,25-,29+/m0/s1. The molecule has 3 rings (SSSR count). The Kier molecular flexibility index (Phi) is 8.04. The molecule has 0 saturated heterocycles. The second-order valence-corrected chi connectivity index (χ2v) is 10.8. The van der Waals surface area contributed by atoms with Crippen molar-refractivity contribution in [3.8, 4) is 0 Å². The van der Waals surface area contributed by atoms with Crippen LogP contribution in [0.25, 0.3) is 0 Å². The average Bonchev–Trinajstić information content (AvgIpc) is 3.07. The highest BCUT2D eigenvalue weighted by molar-refractivity contribution is 6.03. The Morgan fingerprint density at radius 2 is 1.72 bits per heavy atom. The molecule has 5 atom stereocenters. The Morgan fingerprint density at radius 1 is 1.08 bits per heavy atom. The third kappa shape index (κ3) is 5.51. The Labute approximate surface area is 212 Å². The van der Waals surface area contributed by atoms with Crippen LogP contribution in [0, 0.1) is 17.3 Å². The number of fused-ring (bicyclic) bond motifs is 1. The van der Waals surface area contributed by atoms with Gasteiger partial charge >= 0.3 is 11.9 Å². The molecular formula is C29H36O7. The summed E-state index contributed by atoms with van der Waals surface area (Å²) in [6.07, 6.45) is 1.80. The molecule has 0 aromatic heterocycles. The van der Waals surface area contributed by atoms with Crippen LogP contribution in [0.2, 0.25) is 0 Å². The first-order valence-corrected chi connectivity index (χ1v) is 12.4. The lowest BCUT2D eigenvalue weighted by atomic mass is 9.77. The summed E-state index contributed by atoms with van der Waals surface area (Å²) in [5.74, 6) is -2.88. The van der Waals surface area contributed by atoms with E-state index in [4.69, 9.17) is 9.47 Å². The van der Waals surface area contributed by atoms with E-state index in [0.29, 0.717) is 23.1 Å². The van der Waals surface area contributed by atoms with E-state index in [2.05, 4.69) is 0 Å². The molecule has 2 aliphatic rings. The first-order valence-electron chi connectivity index (χ1n) is 12.4. The largest absolute Gasteiger partial charge is 0.458 e. The van der Waals surface area contributed by atoms with Crippen LogP contribution in [0.5, 0.6) is 0 Å². The second-order valence-electron chi connectivity index (χ2n) is 10.8. The molecule has 1 aromatic carbocycles. The molecule has 1 saturated carbocycles. The van der Waals surface area contributed by atoms with Gasteiger partial charge in [0, 0.05) is 25.2 Å². The molecule has 2 aliphatic carbocycles. The van der Waals surface area contributed by atoms with Crippen molar-refractivity contribution >= 4 is 23.5 Å². The van der Waals surface area contributed by atoms with Gasteiger partial charge < -0.3 is 14.6 Å². The minimum absolute atomic E-state index is 0.0898. The third-order valence-electron chi connectivity index (χ3n) is 7.42. The summed E-state index contributed by atoms with van der Waals surface area (Å²) in [6.45, 7) is 9.97. The Balaban J connectivity index is 2.15. The maximum atomic E-state index is 14.0. The van der Waals surface area contributed by atoms with E-state index in [1.807, 2.05) is 6.92 Å². The monoisotopic (exact) mass is 496 g/mol. The van der Waals surface area contributed by atoms with Gasteiger partial charge in [-0.1, -0.05) is 51.1 Å². The number of allylic oxidation sites excluding steroid dienone is 1. The molecule has 0 aliphatic heterocycles. The number of ketones is 2. The van der Waals surface area contributed by atoms with Crippen LogP contribution in [0.3, 0.4) is 0 Å². The number of Topliss-reactive ketones (excluding diaryl/α,β-unsaturated/α-hetero) is 2. The molecule has 194 valence electrons. The Bertz CT molecular complexity index is 1100. The van der Waals surface area contributed by atoms with Crippen molar-refractivity contribution in [2.45, 2.75) is 78.6 Å². The molecule has 1 N–H and O–H groups in total. The van der Waals surface area contributed by atoms with Crippen LogP contribution in [0.4, 0.5) is 0 Å². The highest BCUT2D eigenvalue weighted by atomic mass is 16.6. The maximum absolute atomic E-state index is 14.0. The summed E-state index contributed by atoms with van der Waals surface area (Å²) in [7, 11) is 0. The SMILES string of the molecule is CC(=O)O[C@]12C[C@H](C)[C@H](OC(=O)c3ccccc3)[C@@H]1/C=C(\C)[C@H](O)CC(=O)C(C)(C)C/C=C(\C)C2=O. The van der Waals surface area contributed by atoms with E-state index in [9.17, 15) is 24.3 Å². The van der Waals surface area contributed by atoms with Crippen molar-refractivity contribution in [1.82, 2.24) is 0 Å². The van der Waals surface area contributed by atoms with E-state index in [0.717, 1.165) is 0 Å². The number of esters is 2. The number of hydrogen-bond donors (Lipinski definition) is 1. The van der Waals surface area contributed by atoms with Gasteiger partial charge in [0.05, 0.1) is 17.6 Å². The number of aliphatic hydroxyl groups is 1. The van der Waals surface area contributed by atoms with Gasteiger partial charge in [0.2, 0.25) is 5.78 Å². The van der Waals surface area contributed by atoms with Gasteiger partial charge in [-0.3, -0.25) is 14.4 Å². The fourth-order valence-corrected chi connectivity index (χ4v) is 5.15. The lowest BCUT2D eigenvalue weighted by Gasteiger charge is -2.35. The molecule has 0 unspecified atom stereocenters. The minimum atomic E-state index is -1.61. The van der Waals surface area contributed by atoms with E-state index >= 15 is 0 Å². The van der Waals surface area contributed by atoms with Crippen molar-refractivity contribution in [3.63, 3.8) is 0 Å². The van der Waals surface area contributed by atoms with E-state index in [-0.39, 0.29) is 24.5 Å². The number of benzene rings is 1. The lowest BCUT2D eigenvalue weighted by molar-refractivity contribution is -0.168. The molecule has 0 heterocycles. The number of rotatable bonds is 3. The molecule has 0 amide bonds. The number of aliphatic hydroxyl groups excluding tert-OH is 1. The van der Waals surface area contributed by atoms with E-state index < -0.39 is 46.9 Å². The van der Waals surface area contributed by atoms with Crippen LogP contribution < -0.4 is 0 Å². The summed E-state index contributed by atoms with van der Waals surface area (Å²) in [6, 6.07) is 8.52. The van der Waals surface area contributed by atoms with Gasteiger partial charge in [-0.15, -0.1) is 0 Å². The molecule has 0 radical (unpaired) electrons. The summed E-state index contributed by atoms with van der Waals surface area (Å²) in [4.78, 5) is 52.2. The highest BCUT2D eigenvalue weighted by Crippen LogP contribution is 2.48. The Hall–Kier alpha value is -3.06.